The van der Waals surface area contributed by atoms with E-state index in [0.717, 1.165) is 5.56 Å². The number of carbonyl (C=O) groups is 1. The lowest BCUT2D eigenvalue weighted by atomic mass is 9.85. The average Bonchev–Trinajstić information content (AvgIpc) is 3.33. The van der Waals surface area contributed by atoms with Crippen LogP contribution in [0.15, 0.2) is 53.7 Å². The van der Waals surface area contributed by atoms with E-state index in [0.29, 0.717) is 22.3 Å². The van der Waals surface area contributed by atoms with E-state index in [1.165, 1.54) is 33.2 Å². The van der Waals surface area contributed by atoms with Gasteiger partial charge in [-0.3, -0.25) is 9.20 Å². The Kier molecular flexibility index (Phi) is 6.94. The highest BCUT2D eigenvalue weighted by atomic mass is 32.2. The lowest BCUT2D eigenvalue weighted by Gasteiger charge is -2.41. The molecular formula is C28H27F2N5O6S. The normalized spacial score (nSPS) is 18.3. The molecule has 0 unspecified atom stereocenters. The van der Waals surface area contributed by atoms with Crippen LogP contribution in [0.2, 0.25) is 0 Å². The molecule has 1 fully saturated rings. The van der Waals surface area contributed by atoms with E-state index >= 15 is 0 Å². The molecular weight excluding hydrogens is 572 g/mol. The quantitative estimate of drug-likeness (QED) is 0.338. The number of carboxylic acids is 1. The zero-order valence-electron chi connectivity index (χ0n) is 22.7. The van der Waals surface area contributed by atoms with E-state index in [-0.39, 0.29) is 49.1 Å². The maximum Gasteiger partial charge on any atom is 0.304 e. The predicted molar refractivity (Wildman–Crippen MR) is 144 cm³/mol. The van der Waals surface area contributed by atoms with Gasteiger partial charge in [0, 0.05) is 24.9 Å². The van der Waals surface area contributed by atoms with Crippen LogP contribution in [0, 0.1) is 13.8 Å². The number of aryl methyl sites for hydroxylation is 2. The highest BCUT2D eigenvalue weighted by Crippen LogP contribution is 2.38. The van der Waals surface area contributed by atoms with Crippen LogP contribution < -0.4 is 4.74 Å². The zero-order chi connectivity index (χ0) is 29.8. The number of nitrogens with zero attached hydrogens (tertiary/aromatic N) is 5. The molecule has 1 saturated heterocycles. The topological polar surface area (TPSA) is 136 Å². The Bertz CT molecular complexity index is 1810. The minimum Gasteiger partial charge on any atom is -0.481 e. The summed E-state index contributed by atoms with van der Waals surface area (Å²) in [5, 5.41) is 17.3. The highest BCUT2D eigenvalue weighted by Gasteiger charge is 2.49. The monoisotopic (exact) mass is 599 g/mol. The molecule has 11 nitrogen and oxygen atoms in total. The second-order valence-corrected chi connectivity index (χ2v) is 12.5. The van der Waals surface area contributed by atoms with Crippen molar-refractivity contribution in [2.24, 2.45) is 0 Å². The second-order valence-electron chi connectivity index (χ2n) is 10.6. The summed E-state index contributed by atoms with van der Waals surface area (Å²) in [7, 11) is -4.00. The third-order valence-electron chi connectivity index (χ3n) is 7.83. The van der Waals surface area contributed by atoms with Gasteiger partial charge in [-0.05, 0) is 59.9 Å². The summed E-state index contributed by atoms with van der Waals surface area (Å²) in [4.78, 5) is 16.1. The van der Waals surface area contributed by atoms with Crippen LogP contribution >= 0.6 is 0 Å². The van der Waals surface area contributed by atoms with Gasteiger partial charge in [-0.25, -0.2) is 22.2 Å². The molecule has 0 aliphatic carbocycles. The molecule has 2 aliphatic rings. The third kappa shape index (κ3) is 4.78. The number of carboxylic acid groups (broad SMARTS) is 1. The standard InChI is InChI=1S/C28H27F2N5O6S/c1-16-5-6-18(21(11-23(36)37)20-7-9-35-25(17(20)2)32-33-26(35)24(29)30)10-19(16)12-34-13-28(14-40-15-28)41-27-22(42(34,38)39)4-3-8-31-27/h3-10,21,24H,11-15H2,1-2H3,(H,36,37)/t21-/m0/s1. The smallest absolute Gasteiger partial charge is 0.304 e. The van der Waals surface area contributed by atoms with Crippen molar-refractivity contribution >= 4 is 21.6 Å². The van der Waals surface area contributed by atoms with E-state index in [1.54, 1.807) is 25.1 Å². The van der Waals surface area contributed by atoms with Crippen molar-refractivity contribution in [3.8, 4) is 5.88 Å². The molecule has 6 rings (SSSR count). The van der Waals surface area contributed by atoms with E-state index < -0.39 is 39.8 Å². The minimum atomic E-state index is -4.00. The van der Waals surface area contributed by atoms with Crippen molar-refractivity contribution in [2.75, 3.05) is 19.8 Å². The Morgan fingerprint density at radius 2 is 1.95 bits per heavy atom. The number of alkyl halides is 2. The molecule has 1 spiro atoms. The number of aliphatic carboxylic acids is 1. The Morgan fingerprint density at radius 1 is 1.17 bits per heavy atom. The molecule has 0 amide bonds. The fourth-order valence-corrected chi connectivity index (χ4v) is 7.10. The highest BCUT2D eigenvalue weighted by molar-refractivity contribution is 7.89. The molecule has 220 valence electrons. The van der Waals surface area contributed by atoms with Crippen LogP contribution in [-0.4, -0.2) is 68.7 Å². The first kappa shape index (κ1) is 28.1. The lowest BCUT2D eigenvalue weighted by molar-refractivity contribution is -0.166. The van der Waals surface area contributed by atoms with E-state index in [4.69, 9.17) is 9.47 Å². The lowest BCUT2D eigenvalue weighted by Crippen LogP contribution is -2.60. The van der Waals surface area contributed by atoms with Crippen molar-refractivity contribution in [2.45, 2.75) is 49.7 Å². The largest absolute Gasteiger partial charge is 0.481 e. The maximum atomic E-state index is 13.8. The Balaban J connectivity index is 1.40. The fraction of sp³-hybridized carbons (Fsp3) is 0.357. The van der Waals surface area contributed by atoms with Gasteiger partial charge in [0.25, 0.3) is 6.43 Å². The molecule has 5 heterocycles. The molecule has 1 atom stereocenters. The van der Waals surface area contributed by atoms with Gasteiger partial charge in [-0.1, -0.05) is 18.2 Å². The third-order valence-corrected chi connectivity index (χ3v) is 9.63. The van der Waals surface area contributed by atoms with Gasteiger partial charge in [-0.2, -0.15) is 4.31 Å². The fourth-order valence-electron chi connectivity index (χ4n) is 5.54. The maximum absolute atomic E-state index is 13.8. The zero-order valence-corrected chi connectivity index (χ0v) is 23.5. The van der Waals surface area contributed by atoms with Crippen molar-refractivity contribution in [1.29, 1.82) is 0 Å². The molecule has 0 bridgehead atoms. The molecule has 2 aliphatic heterocycles. The summed E-state index contributed by atoms with van der Waals surface area (Å²) in [6.07, 6.45) is -0.224. The van der Waals surface area contributed by atoms with Crippen LogP contribution in [0.4, 0.5) is 8.78 Å². The number of rotatable bonds is 7. The number of aromatic nitrogens is 4. The number of ether oxygens (including phenoxy) is 2. The summed E-state index contributed by atoms with van der Waals surface area (Å²) in [6.45, 7) is 4.01. The SMILES string of the molecule is Cc1ccc([C@H](CC(=O)O)c2ccn3c(C(F)F)nnc3c2C)cc1CN1CC2(COC2)Oc2ncccc2S1(=O)=O. The number of benzene rings is 1. The van der Waals surface area contributed by atoms with Gasteiger partial charge >= 0.3 is 5.97 Å². The predicted octanol–water partition coefficient (Wildman–Crippen LogP) is 3.64. The molecule has 1 aromatic carbocycles. The van der Waals surface area contributed by atoms with Crippen molar-refractivity contribution in [1.82, 2.24) is 23.9 Å². The summed E-state index contributed by atoms with van der Waals surface area (Å²) in [5.74, 6) is -2.19. The molecule has 14 heteroatoms. The summed E-state index contributed by atoms with van der Waals surface area (Å²) in [6, 6.07) is 10.0. The number of pyridine rings is 2. The number of hydrogen-bond acceptors (Lipinski definition) is 8. The Hall–Kier alpha value is -4.01. The van der Waals surface area contributed by atoms with Gasteiger partial charge in [0.15, 0.2) is 11.2 Å². The summed E-state index contributed by atoms with van der Waals surface area (Å²) in [5.41, 5.74) is 2.57. The Labute approximate surface area is 239 Å². The molecule has 42 heavy (non-hydrogen) atoms. The molecule has 3 aromatic heterocycles. The van der Waals surface area contributed by atoms with Gasteiger partial charge in [0.05, 0.1) is 26.2 Å². The van der Waals surface area contributed by atoms with Gasteiger partial charge in [-0.15, -0.1) is 10.2 Å². The number of hydrogen-bond donors (Lipinski definition) is 1. The molecule has 0 radical (unpaired) electrons. The average molecular weight is 600 g/mol. The van der Waals surface area contributed by atoms with E-state index in [1.807, 2.05) is 13.0 Å². The van der Waals surface area contributed by atoms with Gasteiger partial charge in [0.1, 0.15) is 4.90 Å². The number of fused-ring (bicyclic) bond motifs is 2. The van der Waals surface area contributed by atoms with E-state index in [9.17, 15) is 27.1 Å². The van der Waals surface area contributed by atoms with Crippen LogP contribution in [0.1, 0.15) is 52.4 Å². The van der Waals surface area contributed by atoms with Gasteiger partial charge < -0.3 is 14.6 Å². The molecule has 4 aromatic rings. The second kappa shape index (κ2) is 10.4. The van der Waals surface area contributed by atoms with Crippen molar-refractivity contribution in [3.05, 3.63) is 82.4 Å². The van der Waals surface area contributed by atoms with Crippen molar-refractivity contribution < 1.29 is 36.6 Å². The molecule has 1 N–H and O–H groups in total. The van der Waals surface area contributed by atoms with Crippen LogP contribution in [0.3, 0.4) is 0 Å². The minimum absolute atomic E-state index is 0.00118. The Morgan fingerprint density at radius 3 is 2.64 bits per heavy atom. The van der Waals surface area contributed by atoms with Crippen LogP contribution in [0.5, 0.6) is 5.88 Å². The summed E-state index contributed by atoms with van der Waals surface area (Å²) >= 11 is 0. The van der Waals surface area contributed by atoms with E-state index in [2.05, 4.69) is 15.2 Å². The van der Waals surface area contributed by atoms with Crippen LogP contribution in [-0.2, 0) is 26.1 Å². The first-order valence-corrected chi connectivity index (χ1v) is 14.6. The van der Waals surface area contributed by atoms with Crippen molar-refractivity contribution in [3.63, 3.8) is 0 Å². The first-order chi connectivity index (χ1) is 20.0. The number of sulfonamides is 1. The first-order valence-electron chi connectivity index (χ1n) is 13.1. The van der Waals surface area contributed by atoms with Crippen LogP contribution in [0.25, 0.3) is 5.65 Å². The number of halogens is 2. The summed E-state index contributed by atoms with van der Waals surface area (Å²) < 4.78 is 68.4. The van der Waals surface area contributed by atoms with Gasteiger partial charge in [0.2, 0.25) is 21.7 Å². The molecule has 0 saturated carbocycles.